The summed E-state index contributed by atoms with van der Waals surface area (Å²) in [7, 11) is 0. The summed E-state index contributed by atoms with van der Waals surface area (Å²) < 4.78 is 5.63. The first-order valence-electron chi connectivity index (χ1n) is 11.4. The lowest BCUT2D eigenvalue weighted by Crippen LogP contribution is -2.29. The monoisotopic (exact) mass is 503 g/mol. The zero-order valence-electron chi connectivity index (χ0n) is 20.3. The van der Waals surface area contributed by atoms with Gasteiger partial charge < -0.3 is 32.2 Å². The Balaban J connectivity index is 1.64. The van der Waals surface area contributed by atoms with Crippen LogP contribution in [0.3, 0.4) is 0 Å². The van der Waals surface area contributed by atoms with Crippen LogP contribution in [0, 0.1) is 5.41 Å². The van der Waals surface area contributed by atoms with Crippen LogP contribution in [0.2, 0.25) is 0 Å². The van der Waals surface area contributed by atoms with E-state index >= 15 is 0 Å². The maximum Gasteiger partial charge on any atom is 0.343 e. The molecule has 192 valence electrons. The molecule has 0 bridgehead atoms. The SMILES string of the molecule is CC(=O)NCCNC=NCNc1ccc(C(=O)Oc2ccc3cc(C(=N)N)ccc3c2CC(N)=O)cc1. The Morgan fingerprint density at radius 1 is 1.00 bits per heavy atom. The van der Waals surface area contributed by atoms with Crippen LogP contribution in [0.5, 0.6) is 5.75 Å². The van der Waals surface area contributed by atoms with Crippen molar-refractivity contribution < 1.29 is 19.1 Å². The van der Waals surface area contributed by atoms with Gasteiger partial charge in [-0.15, -0.1) is 0 Å². The number of ether oxygens (including phenoxy) is 1. The van der Waals surface area contributed by atoms with E-state index in [0.29, 0.717) is 41.8 Å². The predicted octanol–water partition coefficient (Wildman–Crippen LogP) is 1.49. The number of amidine groups is 1. The third-order valence-electron chi connectivity index (χ3n) is 5.27. The summed E-state index contributed by atoms with van der Waals surface area (Å²) >= 11 is 0. The molecule has 3 rings (SSSR count). The number of anilines is 1. The molecule has 0 radical (unpaired) electrons. The fourth-order valence-electron chi connectivity index (χ4n) is 3.50. The largest absolute Gasteiger partial charge is 0.423 e. The molecule has 0 spiro atoms. The molecule has 0 saturated carbocycles. The van der Waals surface area contributed by atoms with E-state index in [1.807, 2.05) is 0 Å². The Kier molecular flexibility index (Phi) is 9.14. The van der Waals surface area contributed by atoms with Gasteiger partial charge in [0.2, 0.25) is 11.8 Å². The normalized spacial score (nSPS) is 10.7. The van der Waals surface area contributed by atoms with Crippen LogP contribution in [0.1, 0.15) is 28.4 Å². The molecule has 0 aliphatic rings. The number of fused-ring (bicyclic) bond motifs is 1. The van der Waals surface area contributed by atoms with E-state index in [1.54, 1.807) is 60.9 Å². The first-order valence-corrected chi connectivity index (χ1v) is 11.4. The number of hydrogen-bond acceptors (Lipinski definition) is 7. The van der Waals surface area contributed by atoms with Crippen molar-refractivity contribution in [3.63, 3.8) is 0 Å². The molecule has 3 aromatic carbocycles. The average molecular weight is 504 g/mol. The number of carbonyl (C=O) groups is 3. The summed E-state index contributed by atoms with van der Waals surface area (Å²) in [4.78, 5) is 39.5. The summed E-state index contributed by atoms with van der Waals surface area (Å²) in [5, 5.41) is 17.8. The lowest BCUT2D eigenvalue weighted by molar-refractivity contribution is -0.119. The number of aliphatic imine (C=N–C) groups is 1. The van der Waals surface area contributed by atoms with E-state index in [-0.39, 0.29) is 23.9 Å². The molecule has 0 unspecified atom stereocenters. The van der Waals surface area contributed by atoms with Crippen molar-refractivity contribution in [2.45, 2.75) is 13.3 Å². The Hall–Kier alpha value is -4.93. The third-order valence-corrected chi connectivity index (χ3v) is 5.27. The van der Waals surface area contributed by atoms with Crippen molar-refractivity contribution in [2.75, 3.05) is 25.1 Å². The van der Waals surface area contributed by atoms with Gasteiger partial charge in [0.05, 0.1) is 18.3 Å². The van der Waals surface area contributed by atoms with Gasteiger partial charge in [-0.05, 0) is 47.2 Å². The minimum atomic E-state index is -0.585. The van der Waals surface area contributed by atoms with Gasteiger partial charge in [-0.2, -0.15) is 0 Å². The Morgan fingerprint density at radius 3 is 2.41 bits per heavy atom. The molecule has 11 nitrogen and oxygen atoms in total. The van der Waals surface area contributed by atoms with Crippen LogP contribution in [0.15, 0.2) is 59.6 Å². The van der Waals surface area contributed by atoms with Crippen LogP contribution in [-0.2, 0) is 16.0 Å². The van der Waals surface area contributed by atoms with Crippen molar-refractivity contribution in [3.8, 4) is 5.75 Å². The Bertz CT molecular complexity index is 1340. The topological polar surface area (TPSA) is 185 Å². The summed E-state index contributed by atoms with van der Waals surface area (Å²) in [6.45, 7) is 2.85. The third kappa shape index (κ3) is 7.79. The first kappa shape index (κ1) is 26.7. The number of carbonyl (C=O) groups excluding carboxylic acids is 3. The second-order valence-corrected chi connectivity index (χ2v) is 8.09. The second kappa shape index (κ2) is 12.7. The van der Waals surface area contributed by atoms with Crippen molar-refractivity contribution in [1.29, 1.82) is 5.41 Å². The highest BCUT2D eigenvalue weighted by molar-refractivity contribution is 6.01. The number of rotatable bonds is 12. The highest BCUT2D eigenvalue weighted by atomic mass is 16.5. The van der Waals surface area contributed by atoms with Gasteiger partial charge in [0, 0.05) is 36.8 Å². The molecule has 0 atom stereocenters. The van der Waals surface area contributed by atoms with Crippen LogP contribution < -0.4 is 32.2 Å². The summed E-state index contributed by atoms with van der Waals surface area (Å²) in [6.07, 6.45) is 1.43. The van der Waals surface area contributed by atoms with E-state index < -0.39 is 11.9 Å². The van der Waals surface area contributed by atoms with E-state index in [4.69, 9.17) is 21.6 Å². The second-order valence-electron chi connectivity index (χ2n) is 8.09. The highest BCUT2D eigenvalue weighted by Gasteiger charge is 2.16. The van der Waals surface area contributed by atoms with Crippen molar-refractivity contribution in [2.24, 2.45) is 16.5 Å². The number of nitrogens with zero attached hydrogens (tertiary/aromatic N) is 1. The smallest absolute Gasteiger partial charge is 0.343 e. The first-order chi connectivity index (χ1) is 17.7. The summed E-state index contributed by atoms with van der Waals surface area (Å²) in [5.41, 5.74) is 13.1. The van der Waals surface area contributed by atoms with E-state index in [0.717, 1.165) is 11.1 Å². The molecule has 8 N–H and O–H groups in total. The molecule has 0 aromatic heterocycles. The number of amides is 2. The zero-order valence-corrected chi connectivity index (χ0v) is 20.3. The highest BCUT2D eigenvalue weighted by Crippen LogP contribution is 2.30. The van der Waals surface area contributed by atoms with Gasteiger partial charge in [0.25, 0.3) is 0 Å². The molecule has 0 aliphatic carbocycles. The van der Waals surface area contributed by atoms with Gasteiger partial charge in [0.15, 0.2) is 0 Å². The fraction of sp³-hybridized carbons (Fsp3) is 0.192. The number of esters is 1. The number of nitrogen functional groups attached to an aromatic ring is 1. The molecule has 0 heterocycles. The minimum absolute atomic E-state index is 0.0750. The van der Waals surface area contributed by atoms with Crippen LogP contribution in [0.25, 0.3) is 10.8 Å². The number of nitrogens with one attached hydrogen (secondary N) is 4. The number of hydrogen-bond donors (Lipinski definition) is 6. The van der Waals surface area contributed by atoms with Crippen LogP contribution >= 0.6 is 0 Å². The Morgan fingerprint density at radius 2 is 1.73 bits per heavy atom. The van der Waals surface area contributed by atoms with Crippen LogP contribution in [0.4, 0.5) is 5.69 Å². The van der Waals surface area contributed by atoms with Crippen LogP contribution in [-0.4, -0.2) is 49.7 Å². The van der Waals surface area contributed by atoms with E-state index in [2.05, 4.69) is 20.9 Å². The number of benzene rings is 3. The van der Waals surface area contributed by atoms with Gasteiger partial charge >= 0.3 is 5.97 Å². The van der Waals surface area contributed by atoms with Gasteiger partial charge in [-0.25, -0.2) is 4.79 Å². The lowest BCUT2D eigenvalue weighted by Gasteiger charge is -2.13. The molecule has 0 aliphatic heterocycles. The standard InChI is InChI=1S/C26H29N7O4/c1-16(34)32-11-10-30-14-31-15-33-20-6-2-17(3-7-20)26(36)37-23-9-5-18-12-19(25(28)29)4-8-21(18)22(23)13-24(27)35/h2-9,12,14,33H,10-11,13,15H2,1H3,(H2,27,35)(H3,28,29)(H,30,31)(H,32,34). The lowest BCUT2D eigenvalue weighted by atomic mass is 9.98. The molecule has 0 saturated heterocycles. The summed E-state index contributed by atoms with van der Waals surface area (Å²) in [6, 6.07) is 15.1. The fourth-order valence-corrected chi connectivity index (χ4v) is 3.50. The number of nitrogens with two attached hydrogens (primary N) is 2. The Labute approximate surface area is 213 Å². The van der Waals surface area contributed by atoms with Gasteiger partial charge in [0.1, 0.15) is 18.3 Å². The quantitative estimate of drug-likeness (QED) is 0.0710. The van der Waals surface area contributed by atoms with Crippen molar-refractivity contribution in [1.82, 2.24) is 10.6 Å². The number of primary amides is 1. The molecular weight excluding hydrogens is 474 g/mol. The summed E-state index contributed by atoms with van der Waals surface area (Å²) in [5.74, 6) is -1.08. The van der Waals surface area contributed by atoms with Crippen molar-refractivity contribution in [3.05, 3.63) is 71.3 Å². The maximum absolute atomic E-state index is 12.8. The van der Waals surface area contributed by atoms with Crippen molar-refractivity contribution >= 4 is 46.4 Å². The van der Waals surface area contributed by atoms with E-state index in [9.17, 15) is 14.4 Å². The molecule has 37 heavy (non-hydrogen) atoms. The molecule has 2 amide bonds. The van der Waals surface area contributed by atoms with Gasteiger partial charge in [-0.1, -0.05) is 18.2 Å². The minimum Gasteiger partial charge on any atom is -0.423 e. The molecule has 3 aromatic rings. The maximum atomic E-state index is 12.8. The van der Waals surface area contributed by atoms with E-state index in [1.165, 1.54) is 6.92 Å². The predicted molar refractivity (Wildman–Crippen MR) is 143 cm³/mol. The molecule has 11 heteroatoms. The zero-order chi connectivity index (χ0) is 26.8. The average Bonchev–Trinajstić information content (AvgIpc) is 2.86. The van der Waals surface area contributed by atoms with Gasteiger partial charge in [-0.3, -0.25) is 20.0 Å². The molecular formula is C26H29N7O4. The molecule has 0 fully saturated rings.